The minimum absolute atomic E-state index is 0.137. The van der Waals surface area contributed by atoms with Crippen molar-refractivity contribution in [3.8, 4) is 5.75 Å². The van der Waals surface area contributed by atoms with Gasteiger partial charge in [0.05, 0.1) is 16.1 Å². The van der Waals surface area contributed by atoms with Crippen LogP contribution in [0, 0.1) is 32.2 Å². The summed E-state index contributed by atoms with van der Waals surface area (Å²) in [6, 6.07) is 8.63. The molecular weight excluding hydrogens is 420 g/mol. The van der Waals surface area contributed by atoms with E-state index in [1.54, 1.807) is 0 Å². The molecule has 1 aliphatic heterocycles. The van der Waals surface area contributed by atoms with Crippen molar-refractivity contribution in [3.05, 3.63) is 68.4 Å². The molecular formula is C26H30N2OS2. The summed E-state index contributed by atoms with van der Waals surface area (Å²) in [7, 11) is 0. The van der Waals surface area contributed by atoms with Gasteiger partial charge in [-0.2, -0.15) is 0 Å². The summed E-state index contributed by atoms with van der Waals surface area (Å²) in [6.07, 6.45) is 2.13. The summed E-state index contributed by atoms with van der Waals surface area (Å²) in [4.78, 5) is 0.687. The molecule has 0 fully saturated rings. The number of aromatic nitrogens is 1. The van der Waals surface area contributed by atoms with E-state index in [2.05, 4.69) is 88.8 Å². The minimum Gasteiger partial charge on any atom is -0.483 e. The minimum atomic E-state index is -0.339. The van der Waals surface area contributed by atoms with Crippen LogP contribution < -0.4 is 10.1 Å². The number of benzene rings is 2. The molecule has 2 aromatic carbocycles. The van der Waals surface area contributed by atoms with Crippen LogP contribution in [-0.4, -0.2) is 15.2 Å². The predicted molar refractivity (Wildman–Crippen MR) is 136 cm³/mol. The first-order valence-corrected chi connectivity index (χ1v) is 11.6. The summed E-state index contributed by atoms with van der Waals surface area (Å²) in [6.45, 7) is 15.7. The van der Waals surface area contributed by atoms with Gasteiger partial charge in [0, 0.05) is 23.7 Å². The van der Waals surface area contributed by atoms with E-state index in [-0.39, 0.29) is 11.6 Å². The Balaban J connectivity index is 1.86. The molecule has 3 nitrogen and oxygen atoms in total. The molecule has 4 rings (SSSR count). The first-order chi connectivity index (χ1) is 14.5. The number of hydrogen-bond acceptors (Lipinski definition) is 3. The molecule has 0 bridgehead atoms. The maximum Gasteiger partial charge on any atom is 0.147 e. The second kappa shape index (κ2) is 7.72. The highest BCUT2D eigenvalue weighted by molar-refractivity contribution is 7.80. The van der Waals surface area contributed by atoms with Gasteiger partial charge >= 0.3 is 0 Å². The Kier molecular flexibility index (Phi) is 5.47. The summed E-state index contributed by atoms with van der Waals surface area (Å²) in [5, 5.41) is 4.50. The van der Waals surface area contributed by atoms with Crippen molar-refractivity contribution in [2.24, 2.45) is 0 Å². The van der Waals surface area contributed by atoms with E-state index in [1.807, 2.05) is 0 Å². The van der Waals surface area contributed by atoms with Gasteiger partial charge in [-0.3, -0.25) is 0 Å². The van der Waals surface area contributed by atoms with Gasteiger partial charge in [0.15, 0.2) is 0 Å². The number of nitrogens with zero attached hydrogens (tertiary/aromatic N) is 1. The second-order valence-electron chi connectivity index (χ2n) is 9.26. The topological polar surface area (TPSA) is 26.2 Å². The number of nitrogens with one attached hydrogen (secondary N) is 1. The van der Waals surface area contributed by atoms with E-state index < -0.39 is 0 Å². The number of thiocarbonyl (C=S) groups is 1. The maximum absolute atomic E-state index is 6.52. The van der Waals surface area contributed by atoms with Gasteiger partial charge in [-0.05, 0) is 70.7 Å². The van der Waals surface area contributed by atoms with Gasteiger partial charge < -0.3 is 14.6 Å². The summed E-state index contributed by atoms with van der Waals surface area (Å²) in [5.74, 6) is 0.942. The fraction of sp³-hybridized carbons (Fsp3) is 0.385. The van der Waals surface area contributed by atoms with E-state index in [1.165, 1.54) is 27.8 Å². The largest absolute Gasteiger partial charge is 0.483 e. The first-order valence-electron chi connectivity index (χ1n) is 10.7. The zero-order valence-electron chi connectivity index (χ0n) is 19.3. The average Bonchev–Trinajstić information content (AvgIpc) is 2.73. The molecule has 0 spiro atoms. The van der Waals surface area contributed by atoms with E-state index in [0.29, 0.717) is 11.5 Å². The third kappa shape index (κ3) is 3.58. The molecule has 0 aliphatic carbocycles. The lowest BCUT2D eigenvalue weighted by Crippen LogP contribution is -2.41. The van der Waals surface area contributed by atoms with Gasteiger partial charge in [-0.1, -0.05) is 54.3 Å². The van der Waals surface area contributed by atoms with E-state index in [9.17, 15) is 0 Å². The van der Waals surface area contributed by atoms with E-state index in [0.717, 1.165) is 26.7 Å². The molecule has 2 heterocycles. The highest BCUT2D eigenvalue weighted by atomic mass is 32.1. The third-order valence-corrected chi connectivity index (χ3v) is 7.69. The van der Waals surface area contributed by atoms with E-state index in [4.69, 9.17) is 29.2 Å². The van der Waals surface area contributed by atoms with Gasteiger partial charge in [0.2, 0.25) is 0 Å². The lowest BCUT2D eigenvalue weighted by molar-refractivity contribution is 0.0474. The average molecular weight is 451 g/mol. The Bertz CT molecular complexity index is 1270. The number of pyridine rings is 1. The van der Waals surface area contributed by atoms with Crippen molar-refractivity contribution in [1.29, 1.82) is 0 Å². The molecule has 1 aliphatic rings. The molecule has 1 atom stereocenters. The smallest absolute Gasteiger partial charge is 0.147 e. The van der Waals surface area contributed by atoms with Crippen LogP contribution in [0.1, 0.15) is 60.2 Å². The molecule has 3 aromatic rings. The Morgan fingerprint density at radius 3 is 2.35 bits per heavy atom. The van der Waals surface area contributed by atoms with Crippen LogP contribution in [0.2, 0.25) is 0 Å². The Labute approximate surface area is 195 Å². The van der Waals surface area contributed by atoms with Crippen LogP contribution in [0.5, 0.6) is 5.75 Å². The fourth-order valence-corrected chi connectivity index (χ4v) is 4.98. The van der Waals surface area contributed by atoms with E-state index >= 15 is 0 Å². The second-order valence-corrected chi connectivity index (χ2v) is 10.1. The zero-order valence-corrected chi connectivity index (χ0v) is 21.0. The van der Waals surface area contributed by atoms with Crippen molar-refractivity contribution < 1.29 is 4.74 Å². The van der Waals surface area contributed by atoms with Crippen LogP contribution in [0.4, 0.5) is 0 Å². The Hall–Kier alpha value is -2.24. The molecule has 31 heavy (non-hydrogen) atoms. The summed E-state index contributed by atoms with van der Waals surface area (Å²) >= 11 is 11.8. The van der Waals surface area contributed by atoms with Crippen molar-refractivity contribution in [1.82, 2.24) is 9.88 Å². The van der Waals surface area contributed by atoms with Crippen molar-refractivity contribution in [2.75, 3.05) is 0 Å². The van der Waals surface area contributed by atoms with Crippen molar-refractivity contribution >= 4 is 40.3 Å². The van der Waals surface area contributed by atoms with Gasteiger partial charge in [-0.25, -0.2) is 0 Å². The predicted octanol–water partition coefficient (Wildman–Crippen LogP) is 6.80. The molecule has 0 saturated heterocycles. The summed E-state index contributed by atoms with van der Waals surface area (Å²) in [5.41, 5.74) is 7.71. The van der Waals surface area contributed by atoms with Crippen molar-refractivity contribution in [3.63, 3.8) is 0 Å². The molecule has 0 amide bonds. The van der Waals surface area contributed by atoms with Crippen LogP contribution in [-0.2, 0) is 6.54 Å². The Morgan fingerprint density at radius 2 is 1.71 bits per heavy atom. The monoisotopic (exact) mass is 450 g/mol. The molecule has 1 aromatic heterocycles. The molecule has 0 radical (unpaired) electrons. The highest BCUT2D eigenvalue weighted by Crippen LogP contribution is 2.45. The lowest BCUT2D eigenvalue weighted by Gasteiger charge is -2.41. The number of hydrogen-bond donors (Lipinski definition) is 1. The maximum atomic E-state index is 6.52. The van der Waals surface area contributed by atoms with Gasteiger partial charge in [-0.15, -0.1) is 0 Å². The van der Waals surface area contributed by atoms with Crippen LogP contribution in [0.25, 0.3) is 10.9 Å². The van der Waals surface area contributed by atoms with Crippen LogP contribution in [0.3, 0.4) is 0 Å². The lowest BCUT2D eigenvalue weighted by atomic mass is 9.91. The standard InChI is InChI=1S/C26H30N2OS2/c1-14-8-10-19(11-9-14)12-27-25(31)20-13-28-18(5)26(6,7)29-23-17(4)15(2)16(3)21(22(23)28)24(20)30/h8-11,13,18H,12H2,1-7H3,(H,27,31). The SMILES string of the molecule is Cc1ccc(CNC(=S)c2cn3c4c(c(C)c(C)c(C)c4c2=S)OC(C)(C)C3C)cc1. The number of ether oxygens (including phenoxy) is 1. The molecule has 162 valence electrons. The number of aryl methyl sites for hydroxylation is 2. The van der Waals surface area contributed by atoms with Crippen LogP contribution >= 0.6 is 24.4 Å². The third-order valence-electron chi connectivity index (χ3n) is 6.90. The quantitative estimate of drug-likeness (QED) is 0.444. The normalized spacial score (nSPS) is 16.8. The molecule has 5 heteroatoms. The van der Waals surface area contributed by atoms with Crippen LogP contribution in [0.15, 0.2) is 30.5 Å². The summed E-state index contributed by atoms with van der Waals surface area (Å²) < 4.78 is 9.64. The fourth-order valence-electron chi connectivity index (χ4n) is 4.29. The molecule has 1 unspecified atom stereocenters. The number of rotatable bonds is 3. The Morgan fingerprint density at radius 1 is 1.06 bits per heavy atom. The molecule has 1 N–H and O–H groups in total. The first kappa shape index (κ1) is 22.0. The van der Waals surface area contributed by atoms with Crippen molar-refractivity contribution in [2.45, 2.75) is 66.7 Å². The highest BCUT2D eigenvalue weighted by Gasteiger charge is 2.37. The van der Waals surface area contributed by atoms with Gasteiger partial charge in [0.1, 0.15) is 16.3 Å². The zero-order chi connectivity index (χ0) is 22.7. The molecule has 0 saturated carbocycles. The van der Waals surface area contributed by atoms with Gasteiger partial charge in [0.25, 0.3) is 0 Å².